The molecule has 1 saturated carbocycles. The van der Waals surface area contributed by atoms with Gasteiger partial charge in [-0.05, 0) is 50.3 Å². The molecule has 25 heavy (non-hydrogen) atoms. The van der Waals surface area contributed by atoms with Gasteiger partial charge in [-0.25, -0.2) is 0 Å². The zero-order valence-corrected chi connectivity index (χ0v) is 13.7. The predicted molar refractivity (Wildman–Crippen MR) is 83.7 cm³/mol. The van der Waals surface area contributed by atoms with Crippen molar-refractivity contribution in [2.45, 2.75) is 37.8 Å². The SMILES string of the molecule is FC(F)(F)c1nc(-c2ccc(C3CCCN(CC4CC4)C3)nc2)no1. The molecule has 0 spiro atoms. The number of hydrogen-bond donors (Lipinski definition) is 0. The normalized spacial score (nSPS) is 22.3. The summed E-state index contributed by atoms with van der Waals surface area (Å²) in [6.45, 7) is 3.33. The van der Waals surface area contributed by atoms with Crippen molar-refractivity contribution in [3.63, 3.8) is 0 Å². The molecule has 0 N–H and O–H groups in total. The van der Waals surface area contributed by atoms with E-state index in [1.165, 1.54) is 25.6 Å². The molecule has 1 aliphatic carbocycles. The maximum Gasteiger partial charge on any atom is 0.471 e. The molecule has 134 valence electrons. The second-order valence-electron chi connectivity index (χ2n) is 6.93. The Kier molecular flexibility index (Phi) is 4.23. The molecule has 1 saturated heterocycles. The minimum absolute atomic E-state index is 0.0922. The van der Waals surface area contributed by atoms with Crippen molar-refractivity contribution >= 4 is 0 Å². The summed E-state index contributed by atoms with van der Waals surface area (Å²) in [5.74, 6) is -0.187. The van der Waals surface area contributed by atoms with Crippen LogP contribution >= 0.6 is 0 Å². The number of pyridine rings is 1. The summed E-state index contributed by atoms with van der Waals surface area (Å²) in [5, 5.41) is 3.39. The van der Waals surface area contributed by atoms with Crippen molar-refractivity contribution in [1.29, 1.82) is 0 Å². The Morgan fingerprint density at radius 2 is 2.04 bits per heavy atom. The number of hydrogen-bond acceptors (Lipinski definition) is 5. The van der Waals surface area contributed by atoms with Crippen LogP contribution in [0.5, 0.6) is 0 Å². The summed E-state index contributed by atoms with van der Waals surface area (Å²) in [5.41, 5.74) is 1.40. The number of piperidine rings is 1. The molecule has 1 aliphatic heterocycles. The standard InChI is InChI=1S/C17H19F3N4O/c18-17(19,20)16-22-15(23-25-16)12-5-6-14(21-8-12)13-2-1-7-24(10-13)9-11-3-4-11/h5-6,8,11,13H,1-4,7,9-10H2. The molecule has 5 nitrogen and oxygen atoms in total. The van der Waals surface area contributed by atoms with E-state index < -0.39 is 12.1 Å². The van der Waals surface area contributed by atoms with Crippen LogP contribution in [0.4, 0.5) is 13.2 Å². The van der Waals surface area contributed by atoms with E-state index in [2.05, 4.69) is 24.5 Å². The molecule has 2 aliphatic rings. The van der Waals surface area contributed by atoms with Crippen LogP contribution < -0.4 is 0 Å². The van der Waals surface area contributed by atoms with Crippen LogP contribution in [0.3, 0.4) is 0 Å². The molecule has 0 amide bonds. The highest BCUT2D eigenvalue weighted by Crippen LogP contribution is 2.33. The average molecular weight is 352 g/mol. The largest absolute Gasteiger partial charge is 0.471 e. The molecule has 2 aromatic rings. The zero-order valence-electron chi connectivity index (χ0n) is 13.7. The van der Waals surface area contributed by atoms with E-state index in [0.29, 0.717) is 11.5 Å². The van der Waals surface area contributed by atoms with E-state index in [-0.39, 0.29) is 5.82 Å². The fraction of sp³-hybridized carbons (Fsp3) is 0.588. The van der Waals surface area contributed by atoms with E-state index in [9.17, 15) is 13.2 Å². The van der Waals surface area contributed by atoms with Gasteiger partial charge in [0.05, 0.1) is 0 Å². The molecular formula is C17H19F3N4O. The third kappa shape index (κ3) is 3.84. The first-order valence-corrected chi connectivity index (χ1v) is 8.58. The van der Waals surface area contributed by atoms with Crippen molar-refractivity contribution in [2.24, 2.45) is 5.92 Å². The summed E-state index contributed by atoms with van der Waals surface area (Å²) in [6, 6.07) is 3.58. The minimum atomic E-state index is -4.63. The van der Waals surface area contributed by atoms with Gasteiger partial charge < -0.3 is 9.42 Å². The molecule has 4 rings (SSSR count). The van der Waals surface area contributed by atoms with E-state index in [1.807, 2.05) is 6.07 Å². The number of nitrogens with zero attached hydrogens (tertiary/aromatic N) is 4. The van der Waals surface area contributed by atoms with Gasteiger partial charge in [0.25, 0.3) is 0 Å². The molecule has 8 heteroatoms. The molecule has 1 unspecified atom stereocenters. The first kappa shape index (κ1) is 16.5. The van der Waals surface area contributed by atoms with Gasteiger partial charge in [0.15, 0.2) is 0 Å². The summed E-state index contributed by atoms with van der Waals surface area (Å²) >= 11 is 0. The van der Waals surface area contributed by atoms with Crippen LogP contribution in [0.15, 0.2) is 22.9 Å². The molecule has 2 aromatic heterocycles. The van der Waals surface area contributed by atoms with Crippen LogP contribution in [0.1, 0.15) is 43.2 Å². The molecule has 3 heterocycles. The van der Waals surface area contributed by atoms with E-state index in [4.69, 9.17) is 0 Å². The minimum Gasteiger partial charge on any atom is -0.329 e. The first-order chi connectivity index (χ1) is 12.0. The fourth-order valence-corrected chi connectivity index (χ4v) is 3.36. The molecule has 2 fully saturated rings. The number of alkyl halides is 3. The van der Waals surface area contributed by atoms with E-state index in [0.717, 1.165) is 37.5 Å². The molecule has 0 bridgehead atoms. The molecule has 0 aromatic carbocycles. The van der Waals surface area contributed by atoms with Gasteiger partial charge in [-0.1, -0.05) is 5.16 Å². The van der Waals surface area contributed by atoms with Crippen LogP contribution in [0, 0.1) is 5.92 Å². The predicted octanol–water partition coefficient (Wildman–Crippen LogP) is 3.74. The smallest absolute Gasteiger partial charge is 0.329 e. The second kappa shape index (κ2) is 6.40. The Bertz CT molecular complexity index is 724. The highest BCUT2D eigenvalue weighted by atomic mass is 19.4. The summed E-state index contributed by atoms with van der Waals surface area (Å²) in [4.78, 5) is 10.4. The second-order valence-corrected chi connectivity index (χ2v) is 6.93. The van der Waals surface area contributed by atoms with Crippen molar-refractivity contribution in [3.05, 3.63) is 29.9 Å². The lowest BCUT2D eigenvalue weighted by Gasteiger charge is -2.32. The molecule has 0 radical (unpaired) electrons. The highest BCUT2D eigenvalue weighted by molar-refractivity contribution is 5.52. The van der Waals surface area contributed by atoms with Gasteiger partial charge in [-0.3, -0.25) is 4.98 Å². The summed E-state index contributed by atoms with van der Waals surface area (Å²) in [7, 11) is 0. The van der Waals surface area contributed by atoms with Crippen LogP contribution in [-0.2, 0) is 6.18 Å². The Morgan fingerprint density at radius 1 is 1.20 bits per heavy atom. The lowest BCUT2D eigenvalue weighted by atomic mass is 9.94. The highest BCUT2D eigenvalue weighted by Gasteiger charge is 2.38. The maximum absolute atomic E-state index is 12.5. The van der Waals surface area contributed by atoms with Crippen molar-refractivity contribution in [2.75, 3.05) is 19.6 Å². The lowest BCUT2D eigenvalue weighted by molar-refractivity contribution is -0.159. The molecule has 1 atom stereocenters. The van der Waals surface area contributed by atoms with Crippen LogP contribution in [0.25, 0.3) is 11.4 Å². The third-order valence-electron chi connectivity index (χ3n) is 4.85. The van der Waals surface area contributed by atoms with E-state index in [1.54, 1.807) is 6.07 Å². The summed E-state index contributed by atoms with van der Waals surface area (Å²) < 4.78 is 41.9. The van der Waals surface area contributed by atoms with Crippen molar-refractivity contribution in [1.82, 2.24) is 20.0 Å². The Hall–Kier alpha value is -1.96. The Balaban J connectivity index is 1.45. The molecular weight excluding hydrogens is 333 g/mol. The lowest BCUT2D eigenvalue weighted by Crippen LogP contribution is -2.36. The van der Waals surface area contributed by atoms with Crippen molar-refractivity contribution < 1.29 is 17.7 Å². The first-order valence-electron chi connectivity index (χ1n) is 8.58. The van der Waals surface area contributed by atoms with Crippen LogP contribution in [0.2, 0.25) is 0 Å². The zero-order chi connectivity index (χ0) is 17.4. The monoisotopic (exact) mass is 352 g/mol. The fourth-order valence-electron chi connectivity index (χ4n) is 3.36. The van der Waals surface area contributed by atoms with E-state index >= 15 is 0 Å². The topological polar surface area (TPSA) is 55.1 Å². The van der Waals surface area contributed by atoms with Gasteiger partial charge >= 0.3 is 12.1 Å². The van der Waals surface area contributed by atoms with Gasteiger partial charge in [0.2, 0.25) is 5.82 Å². The average Bonchev–Trinajstić information content (AvgIpc) is 3.25. The maximum atomic E-state index is 12.5. The number of aromatic nitrogens is 3. The Labute approximate surface area is 143 Å². The Morgan fingerprint density at radius 3 is 2.68 bits per heavy atom. The van der Waals surface area contributed by atoms with Crippen molar-refractivity contribution in [3.8, 4) is 11.4 Å². The van der Waals surface area contributed by atoms with Crippen LogP contribution in [-0.4, -0.2) is 39.7 Å². The van der Waals surface area contributed by atoms with Gasteiger partial charge in [-0.2, -0.15) is 18.2 Å². The number of likely N-dealkylation sites (tertiary alicyclic amines) is 1. The summed E-state index contributed by atoms with van der Waals surface area (Å²) in [6.07, 6.45) is 1.83. The van der Waals surface area contributed by atoms with Gasteiger partial charge in [-0.15, -0.1) is 0 Å². The third-order valence-corrected chi connectivity index (χ3v) is 4.85. The van der Waals surface area contributed by atoms with Gasteiger partial charge in [0.1, 0.15) is 0 Å². The number of halogens is 3. The quantitative estimate of drug-likeness (QED) is 0.839. The number of rotatable bonds is 4. The van der Waals surface area contributed by atoms with Gasteiger partial charge in [0, 0.05) is 36.5 Å².